The van der Waals surface area contributed by atoms with E-state index in [-0.39, 0.29) is 5.95 Å². The van der Waals surface area contributed by atoms with E-state index in [2.05, 4.69) is 21.8 Å². The van der Waals surface area contributed by atoms with Crippen LogP contribution in [0.5, 0.6) is 0 Å². The zero-order valence-electron chi connectivity index (χ0n) is 9.69. The standard InChI is InChI=1S/C11H19N5/c1-2-3-8-4-5-16(7-8)10-6-9(12)14-11(13)15-10/h6,8H,2-5,7H2,1H3,(H4,12,13,14,15). The van der Waals surface area contributed by atoms with Crippen molar-refractivity contribution in [3.63, 3.8) is 0 Å². The van der Waals surface area contributed by atoms with E-state index < -0.39 is 0 Å². The highest BCUT2D eigenvalue weighted by molar-refractivity contribution is 5.50. The number of anilines is 3. The molecule has 0 aliphatic carbocycles. The first-order valence-electron chi connectivity index (χ1n) is 5.84. The van der Waals surface area contributed by atoms with Gasteiger partial charge in [0.15, 0.2) is 0 Å². The van der Waals surface area contributed by atoms with E-state index in [0.717, 1.165) is 24.8 Å². The van der Waals surface area contributed by atoms with E-state index in [0.29, 0.717) is 5.82 Å². The summed E-state index contributed by atoms with van der Waals surface area (Å²) < 4.78 is 0. The second kappa shape index (κ2) is 4.55. The van der Waals surface area contributed by atoms with Crippen LogP contribution in [0, 0.1) is 5.92 Å². The lowest BCUT2D eigenvalue weighted by atomic mass is 10.0. The van der Waals surface area contributed by atoms with Gasteiger partial charge in [0.05, 0.1) is 0 Å². The SMILES string of the molecule is CCCC1CCN(c2cc(N)nc(N)n2)C1. The molecular formula is C11H19N5. The van der Waals surface area contributed by atoms with Gasteiger partial charge in [-0.15, -0.1) is 0 Å². The van der Waals surface area contributed by atoms with Crippen molar-refractivity contribution < 1.29 is 0 Å². The van der Waals surface area contributed by atoms with Crippen molar-refractivity contribution in [1.29, 1.82) is 0 Å². The Hall–Kier alpha value is -1.52. The van der Waals surface area contributed by atoms with Crippen LogP contribution < -0.4 is 16.4 Å². The molecule has 1 aliphatic rings. The van der Waals surface area contributed by atoms with Gasteiger partial charge in [0.2, 0.25) is 5.95 Å². The van der Waals surface area contributed by atoms with Crippen LogP contribution in [0.4, 0.5) is 17.6 Å². The maximum Gasteiger partial charge on any atom is 0.223 e. The maximum absolute atomic E-state index is 5.66. The minimum atomic E-state index is 0.258. The minimum absolute atomic E-state index is 0.258. The van der Waals surface area contributed by atoms with Crippen molar-refractivity contribution in [3.8, 4) is 0 Å². The molecule has 88 valence electrons. The van der Waals surface area contributed by atoms with E-state index in [1.54, 1.807) is 6.07 Å². The number of nitrogens with zero attached hydrogens (tertiary/aromatic N) is 3. The first kappa shape index (κ1) is 11.0. The Kier molecular flexibility index (Phi) is 3.12. The fourth-order valence-corrected chi connectivity index (χ4v) is 2.32. The van der Waals surface area contributed by atoms with Gasteiger partial charge >= 0.3 is 0 Å². The second-order valence-corrected chi connectivity index (χ2v) is 4.40. The van der Waals surface area contributed by atoms with Gasteiger partial charge in [0.25, 0.3) is 0 Å². The molecule has 5 heteroatoms. The summed E-state index contributed by atoms with van der Waals surface area (Å²) in [5.74, 6) is 2.35. The Balaban J connectivity index is 2.08. The van der Waals surface area contributed by atoms with Crippen LogP contribution in [-0.2, 0) is 0 Å². The van der Waals surface area contributed by atoms with Crippen molar-refractivity contribution in [1.82, 2.24) is 9.97 Å². The van der Waals surface area contributed by atoms with Crippen molar-refractivity contribution >= 4 is 17.6 Å². The largest absolute Gasteiger partial charge is 0.383 e. The average Bonchev–Trinajstić information content (AvgIpc) is 2.65. The molecule has 2 rings (SSSR count). The third-order valence-corrected chi connectivity index (χ3v) is 3.06. The van der Waals surface area contributed by atoms with Crippen LogP contribution in [0.3, 0.4) is 0 Å². The van der Waals surface area contributed by atoms with Crippen LogP contribution in [0.2, 0.25) is 0 Å². The molecule has 1 aromatic rings. The average molecular weight is 221 g/mol. The van der Waals surface area contributed by atoms with Gasteiger partial charge in [0.1, 0.15) is 11.6 Å². The summed E-state index contributed by atoms with van der Waals surface area (Å²) in [6, 6.07) is 1.80. The van der Waals surface area contributed by atoms with Gasteiger partial charge in [-0.05, 0) is 18.8 Å². The molecule has 0 radical (unpaired) electrons. The van der Waals surface area contributed by atoms with Crippen molar-refractivity contribution in [2.75, 3.05) is 29.5 Å². The number of rotatable bonds is 3. The molecule has 1 aromatic heterocycles. The molecule has 0 aromatic carbocycles. The van der Waals surface area contributed by atoms with Gasteiger partial charge < -0.3 is 16.4 Å². The lowest BCUT2D eigenvalue weighted by molar-refractivity contribution is 0.529. The zero-order valence-corrected chi connectivity index (χ0v) is 9.69. The Morgan fingerprint density at radius 1 is 1.44 bits per heavy atom. The highest BCUT2D eigenvalue weighted by Gasteiger charge is 2.23. The quantitative estimate of drug-likeness (QED) is 0.803. The lowest BCUT2D eigenvalue weighted by Crippen LogP contribution is -2.21. The predicted molar refractivity (Wildman–Crippen MR) is 66.1 cm³/mol. The summed E-state index contributed by atoms with van der Waals surface area (Å²) in [4.78, 5) is 10.3. The highest BCUT2D eigenvalue weighted by Crippen LogP contribution is 2.26. The highest BCUT2D eigenvalue weighted by atomic mass is 15.2. The van der Waals surface area contributed by atoms with Crippen molar-refractivity contribution in [2.24, 2.45) is 5.92 Å². The van der Waals surface area contributed by atoms with E-state index >= 15 is 0 Å². The lowest BCUT2D eigenvalue weighted by Gasteiger charge is -2.17. The topological polar surface area (TPSA) is 81.1 Å². The van der Waals surface area contributed by atoms with Crippen LogP contribution >= 0.6 is 0 Å². The van der Waals surface area contributed by atoms with E-state index in [1.807, 2.05) is 0 Å². The summed E-state index contributed by atoms with van der Waals surface area (Å²) >= 11 is 0. The molecule has 0 amide bonds. The molecule has 1 saturated heterocycles. The van der Waals surface area contributed by atoms with Crippen LogP contribution in [0.15, 0.2) is 6.07 Å². The molecule has 5 nitrogen and oxygen atoms in total. The molecule has 4 N–H and O–H groups in total. The van der Waals surface area contributed by atoms with Crippen LogP contribution in [0.25, 0.3) is 0 Å². The third-order valence-electron chi connectivity index (χ3n) is 3.06. The fraction of sp³-hybridized carbons (Fsp3) is 0.636. The number of aromatic nitrogens is 2. The number of hydrogen-bond donors (Lipinski definition) is 2. The summed E-state index contributed by atoms with van der Waals surface area (Å²) in [7, 11) is 0. The molecule has 1 unspecified atom stereocenters. The van der Waals surface area contributed by atoms with Gasteiger partial charge in [-0.3, -0.25) is 0 Å². The molecule has 0 bridgehead atoms. The van der Waals surface area contributed by atoms with Crippen molar-refractivity contribution in [3.05, 3.63) is 6.07 Å². The molecule has 1 aliphatic heterocycles. The molecule has 1 atom stereocenters. The number of nitrogens with two attached hydrogens (primary N) is 2. The summed E-state index contributed by atoms with van der Waals surface area (Å²) in [5, 5.41) is 0. The monoisotopic (exact) mass is 221 g/mol. The van der Waals surface area contributed by atoms with Gasteiger partial charge in [0, 0.05) is 19.2 Å². The summed E-state index contributed by atoms with van der Waals surface area (Å²) in [5.41, 5.74) is 11.3. The first-order chi connectivity index (χ1) is 7.69. The van der Waals surface area contributed by atoms with Gasteiger partial charge in [-0.25, -0.2) is 0 Å². The van der Waals surface area contributed by atoms with E-state index in [1.165, 1.54) is 19.3 Å². The summed E-state index contributed by atoms with van der Waals surface area (Å²) in [6.45, 7) is 4.33. The number of hydrogen-bond acceptors (Lipinski definition) is 5. The number of nitrogen functional groups attached to an aromatic ring is 2. The first-order valence-corrected chi connectivity index (χ1v) is 5.84. The van der Waals surface area contributed by atoms with Crippen molar-refractivity contribution in [2.45, 2.75) is 26.2 Å². The smallest absolute Gasteiger partial charge is 0.223 e. The Bertz CT molecular complexity index is 345. The van der Waals surface area contributed by atoms with Gasteiger partial charge in [-0.1, -0.05) is 13.3 Å². The van der Waals surface area contributed by atoms with E-state index in [9.17, 15) is 0 Å². The Morgan fingerprint density at radius 3 is 2.94 bits per heavy atom. The second-order valence-electron chi connectivity index (χ2n) is 4.40. The van der Waals surface area contributed by atoms with Gasteiger partial charge in [-0.2, -0.15) is 9.97 Å². The molecule has 0 spiro atoms. The van der Waals surface area contributed by atoms with Crippen LogP contribution in [0.1, 0.15) is 26.2 Å². The Labute approximate surface area is 95.9 Å². The normalized spacial score (nSPS) is 20.3. The zero-order chi connectivity index (χ0) is 11.5. The molecular weight excluding hydrogens is 202 g/mol. The maximum atomic E-state index is 5.66. The molecule has 0 saturated carbocycles. The fourth-order valence-electron chi connectivity index (χ4n) is 2.32. The summed E-state index contributed by atoms with van der Waals surface area (Å²) in [6.07, 6.45) is 3.76. The third kappa shape index (κ3) is 2.35. The minimum Gasteiger partial charge on any atom is -0.383 e. The predicted octanol–water partition coefficient (Wildman–Crippen LogP) is 1.27. The van der Waals surface area contributed by atoms with E-state index in [4.69, 9.17) is 11.5 Å². The molecule has 1 fully saturated rings. The Morgan fingerprint density at radius 2 is 2.25 bits per heavy atom. The molecule has 2 heterocycles. The van der Waals surface area contributed by atoms with Crippen LogP contribution in [-0.4, -0.2) is 23.1 Å². The molecule has 16 heavy (non-hydrogen) atoms.